The highest BCUT2D eigenvalue weighted by Gasteiger charge is 2.38. The molecule has 29 heavy (non-hydrogen) atoms. The van der Waals surface area contributed by atoms with Crippen LogP contribution in [0.15, 0.2) is 48.1 Å². The fraction of sp³-hybridized carbons (Fsp3) is 0.478. The van der Waals surface area contributed by atoms with E-state index in [0.29, 0.717) is 5.56 Å². The smallest absolute Gasteiger partial charge is 0.266 e. The van der Waals surface area contributed by atoms with Crippen LogP contribution in [-0.2, 0) is 9.32 Å². The van der Waals surface area contributed by atoms with E-state index in [2.05, 4.69) is 39.3 Å². The standard InChI is InChI=1S/C23H36N2O3Si/c1-17(10-15-21(26)24-28-29(8,9)23(3,4)5)16-18(2)22(27)19-11-13-20(14-12-19)25(6)7/h10-16,18H,1-9H3,(H,24,26)/b15-10+,17-16+/t18-/m1/s1. The number of amides is 1. The summed E-state index contributed by atoms with van der Waals surface area (Å²) in [6.07, 6.45) is 4.99. The molecule has 0 spiro atoms. The van der Waals surface area contributed by atoms with E-state index >= 15 is 0 Å². The Morgan fingerprint density at radius 1 is 1.10 bits per heavy atom. The molecule has 1 amide bonds. The molecule has 1 N–H and O–H groups in total. The second kappa shape index (κ2) is 10.0. The van der Waals surface area contributed by atoms with Gasteiger partial charge >= 0.3 is 0 Å². The summed E-state index contributed by atoms with van der Waals surface area (Å²) in [5.41, 5.74) is 5.11. The zero-order chi connectivity index (χ0) is 22.4. The highest BCUT2D eigenvalue weighted by atomic mass is 28.4. The minimum absolute atomic E-state index is 0.0142. The third-order valence-electron chi connectivity index (χ3n) is 5.31. The number of benzene rings is 1. The molecule has 0 fully saturated rings. The minimum Gasteiger partial charge on any atom is -0.378 e. The van der Waals surface area contributed by atoms with Crippen molar-refractivity contribution in [3.63, 3.8) is 0 Å². The fourth-order valence-corrected chi connectivity index (χ4v) is 2.95. The minimum atomic E-state index is -2.04. The van der Waals surface area contributed by atoms with E-state index in [1.165, 1.54) is 6.08 Å². The van der Waals surface area contributed by atoms with E-state index in [1.54, 1.807) is 6.08 Å². The van der Waals surface area contributed by atoms with Gasteiger partial charge in [0.15, 0.2) is 5.78 Å². The third kappa shape index (κ3) is 7.63. The number of Topliss-reactive ketones (excluding diaryl/α,β-unsaturated/α-hetero) is 1. The van der Waals surface area contributed by atoms with Gasteiger partial charge in [-0.15, -0.1) is 0 Å². The number of hydrogen-bond donors (Lipinski definition) is 1. The first-order valence-electron chi connectivity index (χ1n) is 9.90. The van der Waals surface area contributed by atoms with Gasteiger partial charge < -0.3 is 9.43 Å². The van der Waals surface area contributed by atoms with Crippen LogP contribution in [0.25, 0.3) is 0 Å². The zero-order valence-corrected chi connectivity index (χ0v) is 20.3. The number of nitrogens with one attached hydrogen (secondary N) is 1. The third-order valence-corrected chi connectivity index (χ3v) is 9.53. The number of carbonyl (C=O) groups excluding carboxylic acids is 2. The lowest BCUT2D eigenvalue weighted by atomic mass is 9.97. The Morgan fingerprint density at radius 2 is 1.66 bits per heavy atom. The van der Waals surface area contributed by atoms with Crippen molar-refractivity contribution < 1.29 is 14.1 Å². The van der Waals surface area contributed by atoms with Crippen LogP contribution in [0.5, 0.6) is 0 Å². The topological polar surface area (TPSA) is 58.6 Å². The van der Waals surface area contributed by atoms with Crippen LogP contribution >= 0.6 is 0 Å². The Hall–Kier alpha value is -2.18. The molecule has 0 radical (unpaired) electrons. The predicted octanol–water partition coefficient (Wildman–Crippen LogP) is 5.13. The van der Waals surface area contributed by atoms with Crippen molar-refractivity contribution in [2.24, 2.45) is 5.92 Å². The summed E-state index contributed by atoms with van der Waals surface area (Å²) in [6.45, 7) is 14.2. The maximum atomic E-state index is 12.6. The van der Waals surface area contributed by atoms with Gasteiger partial charge in [0.2, 0.25) is 8.32 Å². The maximum absolute atomic E-state index is 12.6. The monoisotopic (exact) mass is 416 g/mol. The van der Waals surface area contributed by atoms with Gasteiger partial charge in [0.1, 0.15) is 0 Å². The molecule has 0 saturated carbocycles. The molecule has 160 valence electrons. The second-order valence-electron chi connectivity index (χ2n) is 9.17. The first-order valence-corrected chi connectivity index (χ1v) is 12.8. The van der Waals surface area contributed by atoms with Crippen molar-refractivity contribution in [2.45, 2.75) is 52.8 Å². The van der Waals surface area contributed by atoms with Gasteiger partial charge in [-0.2, -0.15) is 0 Å². The lowest BCUT2D eigenvalue weighted by Gasteiger charge is -2.34. The summed E-state index contributed by atoms with van der Waals surface area (Å²) >= 11 is 0. The van der Waals surface area contributed by atoms with E-state index in [1.807, 2.05) is 63.2 Å². The van der Waals surface area contributed by atoms with Crippen molar-refractivity contribution in [3.05, 3.63) is 53.6 Å². The number of allylic oxidation sites excluding steroid dienone is 3. The molecule has 0 aliphatic rings. The second-order valence-corrected chi connectivity index (χ2v) is 13.9. The number of ketones is 1. The largest absolute Gasteiger partial charge is 0.378 e. The molecule has 0 aliphatic carbocycles. The summed E-state index contributed by atoms with van der Waals surface area (Å²) in [4.78, 5) is 26.7. The molecule has 0 aromatic heterocycles. The number of anilines is 1. The molecule has 1 atom stereocenters. The molecule has 5 nitrogen and oxygen atoms in total. The molecular weight excluding hydrogens is 380 g/mol. The van der Waals surface area contributed by atoms with Gasteiger partial charge in [0.05, 0.1) is 0 Å². The number of hydrogen-bond acceptors (Lipinski definition) is 4. The molecule has 0 heterocycles. The van der Waals surface area contributed by atoms with E-state index in [0.717, 1.165) is 11.3 Å². The molecule has 0 aliphatic heterocycles. The van der Waals surface area contributed by atoms with Gasteiger partial charge in [0, 0.05) is 37.3 Å². The SMILES string of the molecule is CC(/C=C/C(=O)NO[Si](C)(C)C(C)(C)C)=C\[C@@H](C)C(=O)c1ccc(N(C)C)cc1. The number of carbonyl (C=O) groups is 2. The van der Waals surface area contributed by atoms with Crippen LogP contribution in [0.1, 0.15) is 45.0 Å². The highest BCUT2D eigenvalue weighted by Crippen LogP contribution is 2.35. The van der Waals surface area contributed by atoms with Crippen molar-refractivity contribution in [3.8, 4) is 0 Å². The van der Waals surface area contributed by atoms with E-state index in [9.17, 15) is 9.59 Å². The summed E-state index contributed by atoms with van der Waals surface area (Å²) in [5, 5.41) is 0.0142. The summed E-state index contributed by atoms with van der Waals surface area (Å²) in [7, 11) is 1.89. The summed E-state index contributed by atoms with van der Waals surface area (Å²) in [5.74, 6) is -0.536. The molecule has 0 saturated heterocycles. The molecule has 0 bridgehead atoms. The number of rotatable bonds is 8. The zero-order valence-electron chi connectivity index (χ0n) is 19.3. The fourth-order valence-electron chi connectivity index (χ4n) is 2.28. The summed E-state index contributed by atoms with van der Waals surface area (Å²) in [6, 6.07) is 7.56. The van der Waals surface area contributed by atoms with Gasteiger partial charge in [-0.05, 0) is 49.3 Å². The van der Waals surface area contributed by atoms with Crippen LogP contribution in [0, 0.1) is 5.92 Å². The van der Waals surface area contributed by atoms with Crippen LogP contribution in [-0.4, -0.2) is 34.1 Å². The average Bonchev–Trinajstić information content (AvgIpc) is 2.63. The van der Waals surface area contributed by atoms with Crippen molar-refractivity contribution in [1.29, 1.82) is 0 Å². The Balaban J connectivity index is 2.69. The molecule has 1 aromatic carbocycles. The Kier molecular flexibility index (Phi) is 8.60. The molecule has 1 rings (SSSR count). The summed E-state index contributed by atoms with van der Waals surface area (Å²) < 4.78 is 5.70. The van der Waals surface area contributed by atoms with Gasteiger partial charge in [-0.1, -0.05) is 45.4 Å². The first kappa shape index (κ1) is 24.9. The number of hydroxylamine groups is 1. The van der Waals surface area contributed by atoms with Crippen LogP contribution in [0.2, 0.25) is 18.1 Å². The van der Waals surface area contributed by atoms with E-state index in [4.69, 9.17) is 4.53 Å². The average molecular weight is 417 g/mol. The van der Waals surface area contributed by atoms with Crippen LogP contribution < -0.4 is 10.4 Å². The first-order chi connectivity index (χ1) is 13.2. The number of nitrogens with zero attached hydrogens (tertiary/aromatic N) is 1. The quantitative estimate of drug-likeness (QED) is 0.210. The lowest BCUT2D eigenvalue weighted by molar-refractivity contribution is -0.123. The Morgan fingerprint density at radius 3 is 2.14 bits per heavy atom. The van der Waals surface area contributed by atoms with E-state index in [-0.39, 0.29) is 22.6 Å². The van der Waals surface area contributed by atoms with Gasteiger partial charge in [0.25, 0.3) is 5.91 Å². The van der Waals surface area contributed by atoms with Crippen molar-refractivity contribution in [1.82, 2.24) is 5.48 Å². The van der Waals surface area contributed by atoms with Gasteiger partial charge in [-0.25, -0.2) is 5.48 Å². The van der Waals surface area contributed by atoms with Crippen LogP contribution in [0.3, 0.4) is 0 Å². The Bertz CT molecular complexity index is 772. The maximum Gasteiger partial charge on any atom is 0.266 e. The molecular formula is C23H36N2O3Si. The van der Waals surface area contributed by atoms with Crippen LogP contribution in [0.4, 0.5) is 5.69 Å². The highest BCUT2D eigenvalue weighted by molar-refractivity contribution is 6.74. The molecule has 0 unspecified atom stereocenters. The van der Waals surface area contributed by atoms with Crippen molar-refractivity contribution >= 4 is 25.7 Å². The molecule has 6 heteroatoms. The predicted molar refractivity (Wildman–Crippen MR) is 124 cm³/mol. The van der Waals surface area contributed by atoms with Gasteiger partial charge in [-0.3, -0.25) is 9.59 Å². The normalized spacial score (nSPS) is 14.0. The Labute approximate surface area is 176 Å². The lowest BCUT2D eigenvalue weighted by Crippen LogP contribution is -2.46. The molecule has 1 aromatic rings. The van der Waals surface area contributed by atoms with E-state index < -0.39 is 8.32 Å². The van der Waals surface area contributed by atoms with Crippen molar-refractivity contribution in [2.75, 3.05) is 19.0 Å².